The van der Waals surface area contributed by atoms with Crippen molar-refractivity contribution < 1.29 is 0 Å². The average Bonchev–Trinajstić information content (AvgIpc) is 2.56. The smallest absolute Gasteiger partial charge is 0.0482 e. The molecule has 2 heterocycles. The second-order valence-electron chi connectivity index (χ2n) is 3.73. The Morgan fingerprint density at radius 1 is 1.31 bits per heavy atom. The van der Waals surface area contributed by atoms with Gasteiger partial charge in [-0.25, -0.2) is 0 Å². The standard InChI is InChI=1S/C12H12N/c1-2-7-12-10(5-1)9-11-6-3-4-8-13(11)12/h2,5,7,9H,3-4,6,8H2. The van der Waals surface area contributed by atoms with Crippen LogP contribution in [0.5, 0.6) is 0 Å². The van der Waals surface area contributed by atoms with Gasteiger partial charge in [-0.3, -0.25) is 0 Å². The first-order chi connectivity index (χ1) is 6.45. The summed E-state index contributed by atoms with van der Waals surface area (Å²) in [6, 6.07) is 11.7. The van der Waals surface area contributed by atoms with E-state index in [-0.39, 0.29) is 0 Å². The van der Waals surface area contributed by atoms with Crippen molar-refractivity contribution in [2.45, 2.75) is 25.8 Å². The van der Waals surface area contributed by atoms with Crippen molar-refractivity contribution in [3.8, 4) is 0 Å². The molecule has 1 nitrogen and oxygen atoms in total. The Morgan fingerprint density at radius 3 is 3.31 bits per heavy atom. The van der Waals surface area contributed by atoms with Gasteiger partial charge in [-0.15, -0.1) is 0 Å². The maximum atomic E-state index is 3.13. The van der Waals surface area contributed by atoms with E-state index in [1.807, 2.05) is 6.07 Å². The zero-order chi connectivity index (χ0) is 8.67. The van der Waals surface area contributed by atoms with Gasteiger partial charge in [0.25, 0.3) is 0 Å². The fourth-order valence-electron chi connectivity index (χ4n) is 2.26. The monoisotopic (exact) mass is 170 g/mol. The molecule has 0 N–H and O–H groups in total. The highest BCUT2D eigenvalue weighted by Gasteiger charge is 2.11. The normalized spacial score (nSPS) is 16.0. The number of aryl methyl sites for hydroxylation is 2. The second kappa shape index (κ2) is 2.63. The van der Waals surface area contributed by atoms with Gasteiger partial charge in [0.05, 0.1) is 0 Å². The molecule has 0 amide bonds. The van der Waals surface area contributed by atoms with Gasteiger partial charge in [0, 0.05) is 23.1 Å². The molecule has 0 unspecified atom stereocenters. The predicted molar refractivity (Wildman–Crippen MR) is 53.7 cm³/mol. The van der Waals surface area contributed by atoms with Crippen molar-refractivity contribution in [1.29, 1.82) is 0 Å². The molecule has 0 aliphatic carbocycles. The van der Waals surface area contributed by atoms with Crippen LogP contribution in [0.1, 0.15) is 18.5 Å². The lowest BCUT2D eigenvalue weighted by atomic mass is 10.1. The summed E-state index contributed by atoms with van der Waals surface area (Å²) in [5, 5.41) is 1.35. The van der Waals surface area contributed by atoms with Crippen LogP contribution < -0.4 is 0 Å². The summed E-state index contributed by atoms with van der Waals surface area (Å²) in [7, 11) is 0. The van der Waals surface area contributed by atoms with Crippen molar-refractivity contribution >= 4 is 10.9 Å². The number of nitrogens with zero attached hydrogens (tertiary/aromatic N) is 1. The highest BCUT2D eigenvalue weighted by Crippen LogP contribution is 2.24. The van der Waals surface area contributed by atoms with E-state index in [0.717, 1.165) is 0 Å². The average molecular weight is 170 g/mol. The number of benzene rings is 1. The van der Waals surface area contributed by atoms with E-state index in [0.29, 0.717) is 0 Å². The Morgan fingerprint density at radius 2 is 2.31 bits per heavy atom. The molecule has 13 heavy (non-hydrogen) atoms. The van der Waals surface area contributed by atoms with Crippen LogP contribution in [0, 0.1) is 6.07 Å². The Kier molecular flexibility index (Phi) is 1.45. The van der Waals surface area contributed by atoms with Gasteiger partial charge in [0.1, 0.15) is 0 Å². The van der Waals surface area contributed by atoms with Crippen molar-refractivity contribution in [3.05, 3.63) is 36.0 Å². The van der Waals surface area contributed by atoms with Gasteiger partial charge in [0.2, 0.25) is 0 Å². The third kappa shape index (κ3) is 0.998. The molecule has 0 fully saturated rings. The largest absolute Gasteiger partial charge is 0.345 e. The minimum atomic E-state index is 1.20. The molecule has 0 saturated heterocycles. The van der Waals surface area contributed by atoms with E-state index in [9.17, 15) is 0 Å². The molecule has 3 rings (SSSR count). The molecule has 1 aromatic heterocycles. The van der Waals surface area contributed by atoms with Gasteiger partial charge in [-0.2, -0.15) is 0 Å². The SMILES string of the molecule is [c]1ccc2c(c1)cc1n2CCCC1. The summed E-state index contributed by atoms with van der Waals surface area (Å²) >= 11 is 0. The maximum absolute atomic E-state index is 3.13. The van der Waals surface area contributed by atoms with Crippen LogP contribution in [0.3, 0.4) is 0 Å². The summed E-state index contributed by atoms with van der Waals surface area (Å²) in [6.45, 7) is 1.20. The van der Waals surface area contributed by atoms with Crippen LogP contribution in [0.25, 0.3) is 10.9 Å². The van der Waals surface area contributed by atoms with E-state index < -0.39 is 0 Å². The van der Waals surface area contributed by atoms with Crippen LogP contribution in [-0.2, 0) is 13.0 Å². The molecule has 1 heteroatoms. The minimum absolute atomic E-state index is 1.20. The first kappa shape index (κ1) is 7.19. The molecule has 0 bridgehead atoms. The van der Waals surface area contributed by atoms with Crippen molar-refractivity contribution in [2.75, 3.05) is 0 Å². The van der Waals surface area contributed by atoms with Crippen molar-refractivity contribution in [1.82, 2.24) is 4.57 Å². The number of rotatable bonds is 0. The van der Waals surface area contributed by atoms with Crippen molar-refractivity contribution in [3.63, 3.8) is 0 Å². The lowest BCUT2D eigenvalue weighted by Crippen LogP contribution is -2.08. The number of hydrogen-bond donors (Lipinski definition) is 0. The number of aromatic nitrogens is 1. The Hall–Kier alpha value is -1.24. The third-order valence-corrected chi connectivity index (χ3v) is 2.90. The number of hydrogen-bond acceptors (Lipinski definition) is 0. The zero-order valence-electron chi connectivity index (χ0n) is 7.59. The topological polar surface area (TPSA) is 4.93 Å². The summed E-state index contributed by atoms with van der Waals surface area (Å²) < 4.78 is 2.45. The molecule has 0 spiro atoms. The van der Waals surface area contributed by atoms with E-state index >= 15 is 0 Å². The molecular formula is C12H12N. The highest BCUT2D eigenvalue weighted by atomic mass is 15.0. The van der Waals surface area contributed by atoms with Crippen molar-refractivity contribution in [2.24, 2.45) is 0 Å². The fraction of sp³-hybridized carbons (Fsp3) is 0.333. The zero-order valence-corrected chi connectivity index (χ0v) is 7.59. The molecule has 0 atom stereocenters. The van der Waals surface area contributed by atoms with Gasteiger partial charge >= 0.3 is 0 Å². The fourth-order valence-corrected chi connectivity index (χ4v) is 2.26. The van der Waals surface area contributed by atoms with E-state index in [2.05, 4.69) is 28.8 Å². The van der Waals surface area contributed by atoms with E-state index in [1.165, 1.54) is 42.4 Å². The molecule has 1 aliphatic heterocycles. The van der Waals surface area contributed by atoms with Gasteiger partial charge in [-0.05, 0) is 43.5 Å². The van der Waals surface area contributed by atoms with Crippen LogP contribution >= 0.6 is 0 Å². The Balaban J connectivity index is 2.34. The molecule has 1 radical (unpaired) electrons. The van der Waals surface area contributed by atoms with Crippen LogP contribution in [-0.4, -0.2) is 4.57 Å². The first-order valence-electron chi connectivity index (χ1n) is 4.93. The molecular weight excluding hydrogens is 158 g/mol. The minimum Gasteiger partial charge on any atom is -0.345 e. The maximum Gasteiger partial charge on any atom is 0.0482 e. The van der Waals surface area contributed by atoms with Crippen LogP contribution in [0.15, 0.2) is 24.3 Å². The second-order valence-corrected chi connectivity index (χ2v) is 3.73. The summed E-state index contributed by atoms with van der Waals surface area (Å²) in [6.07, 6.45) is 3.92. The Bertz CT molecular complexity index is 439. The quantitative estimate of drug-likeness (QED) is 0.573. The molecule has 2 aromatic rings. The van der Waals surface area contributed by atoms with Crippen LogP contribution in [0.4, 0.5) is 0 Å². The highest BCUT2D eigenvalue weighted by molar-refractivity contribution is 5.81. The lowest BCUT2D eigenvalue weighted by Gasteiger charge is -2.15. The summed E-state index contributed by atoms with van der Waals surface area (Å²) in [5.41, 5.74) is 2.88. The van der Waals surface area contributed by atoms with E-state index in [1.54, 1.807) is 0 Å². The summed E-state index contributed by atoms with van der Waals surface area (Å²) in [4.78, 5) is 0. The van der Waals surface area contributed by atoms with Gasteiger partial charge < -0.3 is 4.57 Å². The molecule has 0 saturated carbocycles. The van der Waals surface area contributed by atoms with Gasteiger partial charge in [0.15, 0.2) is 0 Å². The molecule has 1 aromatic carbocycles. The third-order valence-electron chi connectivity index (χ3n) is 2.90. The molecule has 1 aliphatic rings. The Labute approximate surface area is 78.0 Å². The number of fused-ring (bicyclic) bond motifs is 3. The molecule has 65 valence electrons. The lowest BCUT2D eigenvalue weighted by molar-refractivity contribution is 0.545. The van der Waals surface area contributed by atoms with Gasteiger partial charge in [-0.1, -0.05) is 6.07 Å². The van der Waals surface area contributed by atoms with E-state index in [4.69, 9.17) is 0 Å². The summed E-state index contributed by atoms with van der Waals surface area (Å²) in [5.74, 6) is 0. The van der Waals surface area contributed by atoms with Crippen LogP contribution in [0.2, 0.25) is 0 Å². The first-order valence-corrected chi connectivity index (χ1v) is 4.93. The predicted octanol–water partition coefficient (Wildman–Crippen LogP) is 2.78.